The van der Waals surface area contributed by atoms with Crippen molar-refractivity contribution in [3.63, 3.8) is 0 Å². The molecule has 16 nitrogen and oxygen atoms in total. The van der Waals surface area contributed by atoms with E-state index in [0.717, 1.165) is 36.7 Å². The van der Waals surface area contributed by atoms with E-state index in [9.17, 15) is 43.5 Å². The van der Waals surface area contributed by atoms with Crippen LogP contribution in [0.4, 0.5) is 0 Å². The van der Waals surface area contributed by atoms with Crippen molar-refractivity contribution < 1.29 is 48.2 Å². The number of carbonyl (C=O) groups is 8. The van der Waals surface area contributed by atoms with E-state index >= 15 is 0 Å². The Kier molecular flexibility index (Phi) is 25.1. The number of ketones is 2. The molecule has 0 radical (unpaired) electrons. The fourth-order valence-electron chi connectivity index (χ4n) is 4.29. The summed E-state index contributed by atoms with van der Waals surface area (Å²) in [5.74, 6) is -2.33. The lowest BCUT2D eigenvalue weighted by atomic mass is 10.1. The van der Waals surface area contributed by atoms with Crippen LogP contribution in [-0.4, -0.2) is 107 Å². The molecule has 0 unspecified atom stereocenters. The second-order valence-corrected chi connectivity index (χ2v) is 16.9. The zero-order valence-electron chi connectivity index (χ0n) is 30.7. The molecule has 20 heteroatoms. The molecule has 2 heterocycles. The van der Waals surface area contributed by atoms with Gasteiger partial charge in [-0.05, 0) is 76.0 Å². The van der Waals surface area contributed by atoms with E-state index in [2.05, 4.69) is 39.2 Å². The molecule has 0 bridgehead atoms. The molecule has 53 heavy (non-hydrogen) atoms. The topological polar surface area (TPSA) is 238 Å². The second-order valence-electron chi connectivity index (χ2n) is 12.6. The Bertz CT molecular complexity index is 1390. The monoisotopic (exact) mass is 815 g/mol. The van der Waals surface area contributed by atoms with Gasteiger partial charge < -0.3 is 26.2 Å². The lowest BCUT2D eigenvalue weighted by molar-refractivity contribution is -0.261. The minimum Gasteiger partial charge on any atom is -0.595 e. The van der Waals surface area contributed by atoms with E-state index in [1.165, 1.54) is 38.2 Å². The van der Waals surface area contributed by atoms with Crippen molar-refractivity contribution in [3.8, 4) is 0 Å². The molecule has 0 saturated carbocycles. The van der Waals surface area contributed by atoms with Gasteiger partial charge in [0.2, 0.25) is 11.8 Å². The summed E-state index contributed by atoms with van der Waals surface area (Å²) in [5.41, 5.74) is 4.92. The highest BCUT2D eigenvalue weighted by Gasteiger charge is 2.24. The number of unbranched alkanes of at least 4 members (excludes halogenated alkanes) is 2. The maximum atomic E-state index is 11.8. The molecule has 0 aromatic carbocycles. The number of hydrogen-bond donors (Lipinski definition) is 3. The number of imide groups is 2. The normalized spacial score (nSPS) is 15.1. The van der Waals surface area contributed by atoms with Crippen LogP contribution in [0.1, 0.15) is 86.0 Å². The minimum absolute atomic E-state index is 0.0310. The summed E-state index contributed by atoms with van der Waals surface area (Å²) in [6.45, 7) is 9.00. The Labute approximate surface area is 323 Å². The van der Waals surface area contributed by atoms with E-state index < -0.39 is 35.6 Å². The van der Waals surface area contributed by atoms with Gasteiger partial charge in [0, 0.05) is 83.0 Å². The van der Waals surface area contributed by atoms with Crippen LogP contribution in [0.15, 0.2) is 29.3 Å². The molecule has 0 aromatic rings. The Morgan fingerprint density at radius 1 is 0.774 bits per heavy atom. The van der Waals surface area contributed by atoms with Crippen LogP contribution in [0, 0.1) is 0 Å². The fourth-order valence-corrected chi connectivity index (χ4v) is 4.29. The summed E-state index contributed by atoms with van der Waals surface area (Å²) >= 11 is 8.82. The Morgan fingerprint density at radius 3 is 1.51 bits per heavy atom. The number of aliphatic imine (C=N–C) groups is 1. The number of ether oxygens (including phenoxy) is 1. The second kappa shape index (κ2) is 27.0. The maximum absolute atomic E-state index is 11.8. The number of Topliss-reactive ketones (excluding diaryl/α,β-unsaturated/α-hetero) is 2. The molecule has 4 N–H and O–H groups in total. The van der Waals surface area contributed by atoms with Crippen molar-refractivity contribution >= 4 is 90.8 Å². The fraction of sp³-hybridized carbons (Fsp3) is 0.606. The van der Waals surface area contributed by atoms with E-state index in [-0.39, 0.29) is 61.1 Å². The average Bonchev–Trinajstić information content (AvgIpc) is 3.58. The van der Waals surface area contributed by atoms with Crippen LogP contribution in [-0.2, 0) is 66.7 Å². The molecule has 294 valence electrons. The van der Waals surface area contributed by atoms with Crippen molar-refractivity contribution in [1.29, 1.82) is 0 Å². The van der Waals surface area contributed by atoms with Gasteiger partial charge in [0.15, 0.2) is 5.78 Å². The molecule has 2 atom stereocenters. The highest BCUT2D eigenvalue weighted by Crippen LogP contribution is 2.11. The molecule has 2 aliphatic heterocycles. The molecule has 2 rings (SSSR count). The first-order valence-corrected chi connectivity index (χ1v) is 21.3. The molecule has 0 aromatic heterocycles. The highest BCUT2D eigenvalue weighted by atomic mass is 32.7. The van der Waals surface area contributed by atoms with Crippen molar-refractivity contribution in [2.24, 2.45) is 10.7 Å². The van der Waals surface area contributed by atoms with Gasteiger partial charge in [-0.25, -0.2) is 0 Å². The summed E-state index contributed by atoms with van der Waals surface area (Å²) in [5, 5.41) is 17.1. The van der Waals surface area contributed by atoms with Gasteiger partial charge >= 0.3 is 0 Å². The largest absolute Gasteiger partial charge is 0.595 e. The Morgan fingerprint density at radius 2 is 1.17 bits per heavy atom. The number of nitrogens with zero attached hydrogens (tertiary/aromatic N) is 3. The summed E-state index contributed by atoms with van der Waals surface area (Å²) in [4.78, 5) is 97.1. The first-order chi connectivity index (χ1) is 24.8. The SMILES string of the molecule is CC(=O)[C@@H](CCCCNC(=O)CCN1C(=O)C=CC1=O)N=C([O-])OC(C)(C)C.CC(=O)[C@H](N)CCCCNC(=O)CCN1C(=O)C=CC1=O.S=PP=S. The predicted octanol–water partition coefficient (Wildman–Crippen LogP) is 1.30. The standard InChI is InChI=1S/C19H29N3O6.C14H21N3O4.P2S2/c1-13(23)14(21-18(27)28-19(2,3)4)7-5-6-11-20-15(24)10-12-22-16(25)8-9-17(22)26;1-10(18)11(15)4-2-3-8-16-12(19)7-9-17-13(20)5-6-14(17)21;3-1-2-4/h8-9,14H,5-7,10-12H2,1-4H3,(H,20,24)(H,21,27);5-6,11H,2-4,7-9,15H2,1H3,(H,16,19);/p-1/t14-;11-;/m11./s1. The summed E-state index contributed by atoms with van der Waals surface area (Å²) in [6, 6.07) is -1.19. The quantitative estimate of drug-likeness (QED) is 0.0517. The highest BCUT2D eigenvalue weighted by molar-refractivity contribution is 8.40. The molecule has 0 aliphatic carbocycles. The molecule has 0 spiro atoms. The average molecular weight is 816 g/mol. The Hall–Kier alpha value is -3.69. The summed E-state index contributed by atoms with van der Waals surface area (Å²) < 4.78 is 5.09. The van der Waals surface area contributed by atoms with Crippen LogP contribution in [0.3, 0.4) is 0 Å². The minimum atomic E-state index is -0.763. The number of nitrogens with one attached hydrogen (secondary N) is 2. The predicted molar refractivity (Wildman–Crippen MR) is 205 cm³/mol. The zero-order chi connectivity index (χ0) is 40.6. The van der Waals surface area contributed by atoms with Crippen molar-refractivity contribution in [2.75, 3.05) is 26.2 Å². The van der Waals surface area contributed by atoms with Gasteiger partial charge in [-0.3, -0.25) is 53.1 Å². The third-order valence-corrected chi connectivity index (χ3v) is 9.76. The van der Waals surface area contributed by atoms with Crippen LogP contribution < -0.4 is 21.5 Å². The molecule has 0 saturated heterocycles. The number of rotatable bonds is 20. The zero-order valence-corrected chi connectivity index (χ0v) is 34.1. The van der Waals surface area contributed by atoms with Gasteiger partial charge in [0.05, 0.1) is 6.04 Å². The Balaban J connectivity index is 0.000000955. The molecular weight excluding hydrogens is 766 g/mol. The molecule has 6 amide bonds. The van der Waals surface area contributed by atoms with E-state index in [1.807, 2.05) is 0 Å². The van der Waals surface area contributed by atoms with Crippen molar-refractivity contribution in [1.82, 2.24) is 20.4 Å². The lowest BCUT2D eigenvalue weighted by Gasteiger charge is -2.30. The number of hydrogen-bond acceptors (Lipinski definition) is 14. The molecule has 0 fully saturated rings. The van der Waals surface area contributed by atoms with Crippen LogP contribution in [0.2, 0.25) is 0 Å². The van der Waals surface area contributed by atoms with E-state index in [4.69, 9.17) is 10.5 Å². The first kappa shape index (κ1) is 49.3. The van der Waals surface area contributed by atoms with Crippen molar-refractivity contribution in [2.45, 2.75) is 104 Å². The van der Waals surface area contributed by atoms with Crippen LogP contribution in [0.25, 0.3) is 0 Å². The lowest BCUT2D eigenvalue weighted by Crippen LogP contribution is -2.35. The number of amides is 6. The van der Waals surface area contributed by atoms with Crippen LogP contribution in [0.5, 0.6) is 0 Å². The van der Waals surface area contributed by atoms with Gasteiger partial charge in [-0.2, -0.15) is 0 Å². The van der Waals surface area contributed by atoms with E-state index in [0.29, 0.717) is 38.8 Å². The first-order valence-electron chi connectivity index (χ1n) is 16.8. The van der Waals surface area contributed by atoms with Crippen molar-refractivity contribution in [3.05, 3.63) is 24.3 Å². The van der Waals surface area contributed by atoms with Gasteiger partial charge in [-0.15, -0.1) is 0 Å². The van der Waals surface area contributed by atoms with Gasteiger partial charge in [0.25, 0.3) is 23.6 Å². The molecule has 2 aliphatic rings. The number of nitrogens with two attached hydrogens (primary N) is 1. The number of carbonyl (C=O) groups excluding carboxylic acids is 8. The van der Waals surface area contributed by atoms with Gasteiger partial charge in [0.1, 0.15) is 17.9 Å². The third-order valence-electron chi connectivity index (χ3n) is 7.10. The smallest absolute Gasteiger partial charge is 0.253 e. The maximum Gasteiger partial charge on any atom is 0.253 e. The summed E-state index contributed by atoms with van der Waals surface area (Å²) in [7, 11) is 1.74. The molecular formula is C33H49N6O10P2S2-. The summed E-state index contributed by atoms with van der Waals surface area (Å²) in [6.07, 6.45) is 7.76. The van der Waals surface area contributed by atoms with E-state index in [1.54, 1.807) is 20.8 Å². The van der Waals surface area contributed by atoms with Crippen LogP contribution >= 0.6 is 14.1 Å². The van der Waals surface area contributed by atoms with Gasteiger partial charge in [-0.1, -0.05) is 20.8 Å². The third kappa shape index (κ3) is 23.6.